The van der Waals surface area contributed by atoms with Crippen LogP contribution in [0, 0.1) is 0 Å². The molecule has 0 spiro atoms. The van der Waals surface area contributed by atoms with Gasteiger partial charge in [0.25, 0.3) is 0 Å². The average Bonchev–Trinajstić information content (AvgIpc) is 3.77. The Hall–Kier alpha value is -3.49. The molecule has 3 aromatic carbocycles. The van der Waals surface area contributed by atoms with Crippen LogP contribution in [0.4, 0.5) is 17.3 Å². The second kappa shape index (κ2) is 10.3. The second-order valence-electron chi connectivity index (χ2n) is 10.5. The normalized spacial score (nSPS) is 16.6. The Morgan fingerprint density at radius 2 is 1.61 bits per heavy atom. The van der Waals surface area contributed by atoms with Crippen molar-refractivity contribution < 1.29 is 8.42 Å². The van der Waals surface area contributed by atoms with Gasteiger partial charge in [0, 0.05) is 49.4 Å². The highest BCUT2D eigenvalue weighted by Crippen LogP contribution is 2.31. The Morgan fingerprint density at radius 1 is 0.868 bits per heavy atom. The molecule has 1 aliphatic heterocycles. The van der Waals surface area contributed by atoms with Gasteiger partial charge >= 0.3 is 0 Å². The standard InChI is InChI=1S/C30H33N5O2S/c1-34-15-17-35(18-16-34)25-11-9-24(10-12-25)31-30-32-28-8-3-2-7-27(28)29(33-30)20-22-5-4-6-23(19-22)21-38(36,37)26-13-14-26/h2-12,19,26H,13-18,20-21H2,1H3,(H,31,32,33). The van der Waals surface area contributed by atoms with E-state index in [1.807, 2.05) is 48.5 Å². The van der Waals surface area contributed by atoms with Gasteiger partial charge in [-0.25, -0.2) is 18.4 Å². The number of hydrogen-bond acceptors (Lipinski definition) is 7. The fraction of sp³-hybridized carbons (Fsp3) is 0.333. The molecule has 1 aromatic heterocycles. The molecule has 2 aliphatic rings. The largest absolute Gasteiger partial charge is 0.369 e. The summed E-state index contributed by atoms with van der Waals surface area (Å²) in [6, 6.07) is 24.4. The third kappa shape index (κ3) is 5.66. The van der Waals surface area contributed by atoms with E-state index in [0.717, 1.165) is 72.4 Å². The molecule has 4 aromatic rings. The third-order valence-electron chi connectivity index (χ3n) is 7.44. The predicted molar refractivity (Wildman–Crippen MR) is 154 cm³/mol. The van der Waals surface area contributed by atoms with Crippen molar-refractivity contribution in [1.29, 1.82) is 0 Å². The Bertz CT molecular complexity index is 1540. The van der Waals surface area contributed by atoms with Crippen LogP contribution in [0.15, 0.2) is 72.8 Å². The van der Waals surface area contributed by atoms with Gasteiger partial charge < -0.3 is 15.1 Å². The summed E-state index contributed by atoms with van der Waals surface area (Å²) in [6.45, 7) is 4.22. The summed E-state index contributed by atoms with van der Waals surface area (Å²) >= 11 is 0. The lowest BCUT2D eigenvalue weighted by Crippen LogP contribution is -2.44. The summed E-state index contributed by atoms with van der Waals surface area (Å²) in [7, 11) is -0.894. The van der Waals surface area contributed by atoms with Crippen LogP contribution in [0.5, 0.6) is 0 Å². The van der Waals surface area contributed by atoms with E-state index < -0.39 is 9.84 Å². The number of piperazine rings is 1. The van der Waals surface area contributed by atoms with Crippen molar-refractivity contribution in [1.82, 2.24) is 14.9 Å². The molecule has 7 nitrogen and oxygen atoms in total. The number of rotatable bonds is 8. The number of benzene rings is 3. The summed E-state index contributed by atoms with van der Waals surface area (Å²) in [5.41, 5.74) is 5.84. The maximum absolute atomic E-state index is 12.5. The molecule has 1 saturated carbocycles. The number of sulfone groups is 1. The maximum atomic E-state index is 12.5. The summed E-state index contributed by atoms with van der Waals surface area (Å²) in [6.07, 6.45) is 2.18. The quantitative estimate of drug-likeness (QED) is 0.353. The molecule has 38 heavy (non-hydrogen) atoms. The zero-order valence-electron chi connectivity index (χ0n) is 21.7. The first-order valence-electron chi connectivity index (χ1n) is 13.3. The molecule has 0 bridgehead atoms. The fourth-order valence-electron chi connectivity index (χ4n) is 5.08. The first kappa shape index (κ1) is 24.8. The van der Waals surface area contributed by atoms with E-state index >= 15 is 0 Å². The van der Waals surface area contributed by atoms with Gasteiger partial charge in [0.15, 0.2) is 9.84 Å². The number of para-hydroxylation sites is 1. The Kier molecular flexibility index (Phi) is 6.76. The topological polar surface area (TPSA) is 78.4 Å². The van der Waals surface area contributed by atoms with Gasteiger partial charge in [0.2, 0.25) is 5.95 Å². The van der Waals surface area contributed by atoms with Crippen molar-refractivity contribution in [3.05, 3.63) is 89.6 Å². The molecule has 1 saturated heterocycles. The van der Waals surface area contributed by atoms with Crippen LogP contribution in [0.2, 0.25) is 0 Å². The molecule has 8 heteroatoms. The average molecular weight is 528 g/mol. The number of nitrogens with one attached hydrogen (secondary N) is 1. The monoisotopic (exact) mass is 527 g/mol. The summed E-state index contributed by atoms with van der Waals surface area (Å²) in [5, 5.41) is 4.24. The Morgan fingerprint density at radius 3 is 2.37 bits per heavy atom. The SMILES string of the molecule is CN1CCN(c2ccc(Nc3nc(Cc4cccc(CS(=O)(=O)C5CC5)c4)c4ccccc4n3)cc2)CC1. The number of hydrogen-bond donors (Lipinski definition) is 1. The highest BCUT2D eigenvalue weighted by molar-refractivity contribution is 7.91. The number of likely N-dealkylation sites (N-methyl/N-ethyl adjacent to an activating group) is 1. The number of aromatic nitrogens is 2. The third-order valence-corrected chi connectivity index (χ3v) is 9.66. The first-order valence-corrected chi connectivity index (χ1v) is 15.0. The summed E-state index contributed by atoms with van der Waals surface area (Å²) in [5.74, 6) is 0.658. The molecule has 0 unspecified atom stereocenters. The van der Waals surface area contributed by atoms with Crippen LogP contribution >= 0.6 is 0 Å². The van der Waals surface area contributed by atoms with Crippen LogP contribution in [-0.4, -0.2) is 61.8 Å². The smallest absolute Gasteiger partial charge is 0.228 e. The summed E-state index contributed by atoms with van der Waals surface area (Å²) < 4.78 is 25.0. The lowest BCUT2D eigenvalue weighted by Gasteiger charge is -2.34. The molecule has 196 valence electrons. The molecule has 1 N–H and O–H groups in total. The van der Waals surface area contributed by atoms with Gasteiger partial charge in [-0.3, -0.25) is 0 Å². The van der Waals surface area contributed by atoms with Crippen LogP contribution in [0.25, 0.3) is 10.9 Å². The van der Waals surface area contributed by atoms with Crippen molar-refractivity contribution in [3.8, 4) is 0 Å². The molecular formula is C30H33N5O2S. The number of anilines is 3. The molecule has 6 rings (SSSR count). The van der Waals surface area contributed by atoms with E-state index in [0.29, 0.717) is 12.4 Å². The molecule has 1 aliphatic carbocycles. The van der Waals surface area contributed by atoms with Crippen LogP contribution in [-0.2, 0) is 22.0 Å². The Balaban J connectivity index is 1.23. The minimum absolute atomic E-state index is 0.104. The fourth-order valence-corrected chi connectivity index (χ4v) is 6.82. The highest BCUT2D eigenvalue weighted by atomic mass is 32.2. The Labute approximate surface area is 224 Å². The van der Waals surface area contributed by atoms with E-state index in [1.165, 1.54) is 5.69 Å². The maximum Gasteiger partial charge on any atom is 0.228 e. The van der Waals surface area contributed by atoms with E-state index in [9.17, 15) is 8.42 Å². The van der Waals surface area contributed by atoms with Gasteiger partial charge in [-0.15, -0.1) is 0 Å². The van der Waals surface area contributed by atoms with Gasteiger partial charge in [-0.2, -0.15) is 0 Å². The predicted octanol–water partition coefficient (Wildman–Crippen LogP) is 4.79. The second-order valence-corrected chi connectivity index (χ2v) is 12.8. The van der Waals surface area contributed by atoms with Crippen molar-refractivity contribution in [3.63, 3.8) is 0 Å². The molecular weight excluding hydrogens is 494 g/mol. The van der Waals surface area contributed by atoms with Crippen LogP contribution < -0.4 is 10.2 Å². The van der Waals surface area contributed by atoms with Gasteiger partial charge in [0.1, 0.15) is 0 Å². The van der Waals surface area contributed by atoms with E-state index in [4.69, 9.17) is 9.97 Å². The minimum Gasteiger partial charge on any atom is -0.369 e. The van der Waals surface area contributed by atoms with Crippen molar-refractivity contribution >= 4 is 38.1 Å². The van der Waals surface area contributed by atoms with Crippen molar-refractivity contribution in [2.45, 2.75) is 30.3 Å². The molecule has 0 radical (unpaired) electrons. The lowest BCUT2D eigenvalue weighted by atomic mass is 10.0. The van der Waals surface area contributed by atoms with Gasteiger partial charge in [-0.05, 0) is 61.3 Å². The van der Waals surface area contributed by atoms with Crippen LogP contribution in [0.1, 0.15) is 29.7 Å². The number of nitrogens with zero attached hydrogens (tertiary/aromatic N) is 4. The highest BCUT2D eigenvalue weighted by Gasteiger charge is 2.35. The molecule has 2 heterocycles. The summed E-state index contributed by atoms with van der Waals surface area (Å²) in [4.78, 5) is 14.4. The van der Waals surface area contributed by atoms with Crippen molar-refractivity contribution in [2.75, 3.05) is 43.4 Å². The van der Waals surface area contributed by atoms with E-state index in [1.54, 1.807) is 0 Å². The van der Waals surface area contributed by atoms with Gasteiger partial charge in [0.05, 0.1) is 22.2 Å². The van der Waals surface area contributed by atoms with Crippen molar-refractivity contribution in [2.24, 2.45) is 0 Å². The van der Waals surface area contributed by atoms with Gasteiger partial charge in [-0.1, -0.05) is 42.5 Å². The zero-order chi connectivity index (χ0) is 26.1. The lowest BCUT2D eigenvalue weighted by molar-refractivity contribution is 0.313. The zero-order valence-corrected chi connectivity index (χ0v) is 22.5. The van der Waals surface area contributed by atoms with E-state index in [2.05, 4.69) is 46.4 Å². The minimum atomic E-state index is -3.06. The first-order chi connectivity index (χ1) is 18.4. The van der Waals surface area contributed by atoms with E-state index in [-0.39, 0.29) is 11.0 Å². The molecule has 0 amide bonds. The molecule has 0 atom stereocenters. The molecule has 2 fully saturated rings. The van der Waals surface area contributed by atoms with Crippen LogP contribution in [0.3, 0.4) is 0 Å². The number of fused-ring (bicyclic) bond motifs is 1.